The molecule has 0 unspecified atom stereocenters. The van der Waals surface area contributed by atoms with Crippen LogP contribution >= 0.6 is 0 Å². The molecule has 0 aliphatic heterocycles. The highest BCUT2D eigenvalue weighted by Crippen LogP contribution is 2.28. The molecule has 2 rings (SSSR count). The summed E-state index contributed by atoms with van der Waals surface area (Å²) in [6, 6.07) is 10.9. The third-order valence-corrected chi connectivity index (χ3v) is 3.70. The van der Waals surface area contributed by atoms with Gasteiger partial charge in [-0.3, -0.25) is 0 Å². The van der Waals surface area contributed by atoms with Gasteiger partial charge in [0.1, 0.15) is 0 Å². The van der Waals surface area contributed by atoms with Crippen LogP contribution in [0.2, 0.25) is 0 Å². The van der Waals surface area contributed by atoms with Crippen molar-refractivity contribution in [3.63, 3.8) is 0 Å². The zero-order valence-corrected chi connectivity index (χ0v) is 12.4. The van der Waals surface area contributed by atoms with Gasteiger partial charge in [0.15, 0.2) is 0 Å². The van der Waals surface area contributed by atoms with Crippen LogP contribution < -0.4 is 5.32 Å². The largest absolute Gasteiger partial charge is 0.478 e. The first-order chi connectivity index (χ1) is 9.94. The van der Waals surface area contributed by atoms with Crippen LogP contribution in [0.25, 0.3) is 10.8 Å². The first kappa shape index (κ1) is 15.3. The van der Waals surface area contributed by atoms with Gasteiger partial charge in [0.25, 0.3) is 0 Å². The van der Waals surface area contributed by atoms with Crippen molar-refractivity contribution in [1.29, 1.82) is 0 Å². The Hall–Kier alpha value is -2.07. The molecule has 0 aliphatic rings. The van der Waals surface area contributed by atoms with Gasteiger partial charge in [0.2, 0.25) is 0 Å². The molecular formula is C17H21NO3. The summed E-state index contributed by atoms with van der Waals surface area (Å²) in [6.45, 7) is 5.05. The fraction of sp³-hybridized carbons (Fsp3) is 0.353. The Morgan fingerprint density at radius 2 is 1.81 bits per heavy atom. The standard InChI is InChI=1S/C17H21NO3/c1-17(2,9-10-19)11-18-15-8-7-14(16(20)21)12-5-3-4-6-13(12)15/h3-8,18-19H,9-11H2,1-2H3,(H,20,21). The van der Waals surface area contributed by atoms with Gasteiger partial charge >= 0.3 is 5.97 Å². The lowest BCUT2D eigenvalue weighted by molar-refractivity contribution is 0.0699. The summed E-state index contributed by atoms with van der Waals surface area (Å²) in [6.07, 6.45) is 0.713. The first-order valence-corrected chi connectivity index (χ1v) is 7.04. The summed E-state index contributed by atoms with van der Waals surface area (Å²) in [7, 11) is 0. The number of carboxylic acid groups (broad SMARTS) is 1. The maximum absolute atomic E-state index is 11.3. The third-order valence-electron chi connectivity index (χ3n) is 3.70. The number of hydrogen-bond acceptors (Lipinski definition) is 3. The fourth-order valence-electron chi connectivity index (χ4n) is 2.37. The number of hydrogen-bond donors (Lipinski definition) is 3. The second kappa shape index (κ2) is 6.14. The molecule has 0 aliphatic carbocycles. The van der Waals surface area contributed by atoms with E-state index in [-0.39, 0.29) is 12.0 Å². The molecule has 4 nitrogen and oxygen atoms in total. The van der Waals surface area contributed by atoms with E-state index in [2.05, 4.69) is 19.2 Å². The van der Waals surface area contributed by atoms with Gasteiger partial charge in [0.05, 0.1) is 5.56 Å². The minimum Gasteiger partial charge on any atom is -0.478 e. The molecule has 0 bridgehead atoms. The van der Waals surface area contributed by atoms with Crippen LogP contribution in [0.4, 0.5) is 5.69 Å². The van der Waals surface area contributed by atoms with E-state index >= 15 is 0 Å². The number of carbonyl (C=O) groups is 1. The normalized spacial score (nSPS) is 11.6. The Labute approximate surface area is 124 Å². The van der Waals surface area contributed by atoms with E-state index in [0.717, 1.165) is 16.5 Å². The average molecular weight is 287 g/mol. The van der Waals surface area contributed by atoms with E-state index < -0.39 is 5.97 Å². The molecule has 4 heteroatoms. The second-order valence-electron chi connectivity index (χ2n) is 6.00. The average Bonchev–Trinajstić information content (AvgIpc) is 2.44. The van der Waals surface area contributed by atoms with Crippen molar-refractivity contribution < 1.29 is 15.0 Å². The zero-order chi connectivity index (χ0) is 15.5. The van der Waals surface area contributed by atoms with Gasteiger partial charge in [-0.15, -0.1) is 0 Å². The number of nitrogens with one attached hydrogen (secondary N) is 1. The van der Waals surface area contributed by atoms with Gasteiger partial charge < -0.3 is 15.5 Å². The topological polar surface area (TPSA) is 69.6 Å². The molecule has 3 N–H and O–H groups in total. The number of fused-ring (bicyclic) bond motifs is 1. The zero-order valence-electron chi connectivity index (χ0n) is 12.4. The van der Waals surface area contributed by atoms with E-state index in [4.69, 9.17) is 5.11 Å². The molecular weight excluding hydrogens is 266 g/mol. The van der Waals surface area contributed by atoms with E-state index in [9.17, 15) is 9.90 Å². The van der Waals surface area contributed by atoms with Crippen molar-refractivity contribution in [3.8, 4) is 0 Å². The highest BCUT2D eigenvalue weighted by Gasteiger charge is 2.18. The molecule has 0 atom stereocenters. The molecule has 0 amide bonds. The quantitative estimate of drug-likeness (QED) is 0.762. The van der Waals surface area contributed by atoms with Gasteiger partial charge in [-0.1, -0.05) is 38.1 Å². The molecule has 0 aromatic heterocycles. The molecule has 0 spiro atoms. The van der Waals surface area contributed by atoms with Crippen molar-refractivity contribution >= 4 is 22.4 Å². The molecule has 2 aromatic rings. The van der Waals surface area contributed by atoms with Crippen LogP contribution in [-0.4, -0.2) is 29.3 Å². The van der Waals surface area contributed by atoms with Crippen molar-refractivity contribution in [2.24, 2.45) is 5.41 Å². The van der Waals surface area contributed by atoms with Crippen LogP contribution in [0.1, 0.15) is 30.6 Å². The monoisotopic (exact) mass is 287 g/mol. The minimum absolute atomic E-state index is 0.0265. The molecule has 0 saturated carbocycles. The first-order valence-electron chi connectivity index (χ1n) is 7.04. The number of benzene rings is 2. The summed E-state index contributed by atoms with van der Waals surface area (Å²) in [5.41, 5.74) is 1.20. The molecule has 112 valence electrons. The van der Waals surface area contributed by atoms with E-state index in [1.807, 2.05) is 24.3 Å². The summed E-state index contributed by atoms with van der Waals surface area (Å²) in [5.74, 6) is -0.918. The lowest BCUT2D eigenvalue weighted by Gasteiger charge is -2.25. The van der Waals surface area contributed by atoms with Crippen molar-refractivity contribution in [2.75, 3.05) is 18.5 Å². The predicted octanol–water partition coefficient (Wildman–Crippen LogP) is 3.36. The number of aliphatic hydroxyl groups is 1. The highest BCUT2D eigenvalue weighted by atomic mass is 16.4. The SMILES string of the molecule is CC(C)(CCO)CNc1ccc(C(=O)O)c2ccccc12. The van der Waals surface area contributed by atoms with Gasteiger partial charge in [0, 0.05) is 24.2 Å². The lowest BCUT2D eigenvalue weighted by Crippen LogP contribution is -2.24. The molecule has 2 aromatic carbocycles. The maximum Gasteiger partial charge on any atom is 0.336 e. The van der Waals surface area contributed by atoms with E-state index in [1.165, 1.54) is 0 Å². The van der Waals surface area contributed by atoms with Gasteiger partial charge in [-0.05, 0) is 29.4 Å². The maximum atomic E-state index is 11.3. The molecule has 0 radical (unpaired) electrons. The van der Waals surface area contributed by atoms with Crippen LogP contribution in [-0.2, 0) is 0 Å². The number of aromatic carboxylic acids is 1. The third kappa shape index (κ3) is 3.52. The summed E-state index contributed by atoms with van der Waals surface area (Å²) >= 11 is 0. The Bertz CT molecular complexity index is 650. The summed E-state index contributed by atoms with van der Waals surface area (Å²) in [4.78, 5) is 11.3. The lowest BCUT2D eigenvalue weighted by atomic mass is 9.89. The molecule has 0 heterocycles. The van der Waals surface area contributed by atoms with Crippen LogP contribution in [0, 0.1) is 5.41 Å². The Kier molecular flexibility index (Phi) is 4.48. The predicted molar refractivity (Wildman–Crippen MR) is 84.9 cm³/mol. The Balaban J connectivity index is 2.34. The molecule has 0 fully saturated rings. The van der Waals surface area contributed by atoms with Crippen molar-refractivity contribution in [1.82, 2.24) is 0 Å². The van der Waals surface area contributed by atoms with Crippen LogP contribution in [0.3, 0.4) is 0 Å². The smallest absolute Gasteiger partial charge is 0.336 e. The fourth-order valence-corrected chi connectivity index (χ4v) is 2.37. The summed E-state index contributed by atoms with van der Waals surface area (Å²) < 4.78 is 0. The van der Waals surface area contributed by atoms with Crippen LogP contribution in [0.15, 0.2) is 36.4 Å². The molecule has 21 heavy (non-hydrogen) atoms. The number of rotatable bonds is 6. The van der Waals surface area contributed by atoms with E-state index in [1.54, 1.807) is 12.1 Å². The Morgan fingerprint density at radius 1 is 1.14 bits per heavy atom. The Morgan fingerprint density at radius 3 is 2.43 bits per heavy atom. The number of carboxylic acids is 1. The van der Waals surface area contributed by atoms with Crippen molar-refractivity contribution in [2.45, 2.75) is 20.3 Å². The van der Waals surface area contributed by atoms with E-state index in [0.29, 0.717) is 18.5 Å². The summed E-state index contributed by atoms with van der Waals surface area (Å²) in [5, 5.41) is 23.3. The number of aliphatic hydroxyl groups excluding tert-OH is 1. The van der Waals surface area contributed by atoms with Crippen molar-refractivity contribution in [3.05, 3.63) is 42.0 Å². The minimum atomic E-state index is -0.918. The molecule has 0 saturated heterocycles. The van der Waals surface area contributed by atoms with Gasteiger partial charge in [-0.25, -0.2) is 4.79 Å². The van der Waals surface area contributed by atoms with Crippen LogP contribution in [0.5, 0.6) is 0 Å². The second-order valence-corrected chi connectivity index (χ2v) is 6.00. The van der Waals surface area contributed by atoms with Gasteiger partial charge in [-0.2, -0.15) is 0 Å². The number of anilines is 1. The highest BCUT2D eigenvalue weighted by molar-refractivity contribution is 6.07.